The van der Waals surface area contributed by atoms with E-state index in [1.807, 2.05) is 0 Å². The topological polar surface area (TPSA) is 110 Å². The Bertz CT molecular complexity index is 513. The number of piperidine rings is 1. The van der Waals surface area contributed by atoms with E-state index in [1.165, 1.54) is 0 Å². The Labute approximate surface area is 123 Å². The Kier molecular flexibility index (Phi) is 5.13. The Hall–Kier alpha value is -2.12. The van der Waals surface area contributed by atoms with E-state index in [-0.39, 0.29) is 5.91 Å². The summed E-state index contributed by atoms with van der Waals surface area (Å²) in [7, 11) is 1.74. The van der Waals surface area contributed by atoms with Gasteiger partial charge in [0.15, 0.2) is 11.8 Å². The molecule has 2 rings (SSSR count). The molecule has 8 heteroatoms. The summed E-state index contributed by atoms with van der Waals surface area (Å²) in [5.74, 6) is 1.97. The van der Waals surface area contributed by atoms with Crippen molar-refractivity contribution in [1.29, 1.82) is 0 Å². The first-order valence-corrected chi connectivity index (χ1v) is 7.11. The number of nitrogens with zero attached hydrogens (tertiary/aromatic N) is 4. The molecule has 1 aromatic heterocycles. The quantitative estimate of drug-likeness (QED) is 0.599. The van der Waals surface area contributed by atoms with Crippen LogP contribution in [0.1, 0.15) is 31.0 Å². The lowest BCUT2D eigenvalue weighted by Gasteiger charge is -2.34. The van der Waals surface area contributed by atoms with Gasteiger partial charge in [-0.25, -0.2) is 0 Å². The van der Waals surface area contributed by atoms with Crippen molar-refractivity contribution in [2.45, 2.75) is 32.7 Å². The number of nitrogens with two attached hydrogens (primary N) is 1. The number of aromatic nitrogens is 2. The van der Waals surface area contributed by atoms with Gasteiger partial charge in [-0.3, -0.25) is 9.79 Å². The van der Waals surface area contributed by atoms with Crippen LogP contribution in [0.25, 0.3) is 0 Å². The van der Waals surface area contributed by atoms with E-state index in [2.05, 4.69) is 25.3 Å². The maximum Gasteiger partial charge on any atom is 0.246 e. The molecule has 1 atom stereocenters. The summed E-state index contributed by atoms with van der Waals surface area (Å²) in [6.07, 6.45) is 2.48. The average Bonchev–Trinajstić information content (AvgIpc) is 2.85. The molecule has 1 amide bonds. The molecule has 0 aliphatic carbocycles. The smallest absolute Gasteiger partial charge is 0.246 e. The zero-order chi connectivity index (χ0) is 15.2. The first-order chi connectivity index (χ1) is 10.1. The van der Waals surface area contributed by atoms with Gasteiger partial charge in [0.25, 0.3) is 0 Å². The van der Waals surface area contributed by atoms with Crippen molar-refractivity contribution in [3.8, 4) is 0 Å². The zero-order valence-corrected chi connectivity index (χ0v) is 12.5. The van der Waals surface area contributed by atoms with Gasteiger partial charge < -0.3 is 20.5 Å². The fourth-order valence-electron chi connectivity index (χ4n) is 2.61. The number of carbonyl (C=O) groups excluding carboxylic acids is 1. The number of likely N-dealkylation sites (tertiary alicyclic amines) is 1. The molecule has 1 unspecified atom stereocenters. The molecule has 1 aromatic rings. The van der Waals surface area contributed by atoms with Gasteiger partial charge in [-0.2, -0.15) is 4.98 Å². The second kappa shape index (κ2) is 7.05. The number of aryl methyl sites for hydroxylation is 1. The number of aliphatic imine (C=N–C) groups is 1. The van der Waals surface area contributed by atoms with Gasteiger partial charge in [-0.1, -0.05) is 5.16 Å². The Morgan fingerprint density at radius 3 is 3.05 bits per heavy atom. The van der Waals surface area contributed by atoms with Gasteiger partial charge in [0.2, 0.25) is 11.8 Å². The van der Waals surface area contributed by atoms with Gasteiger partial charge in [0.05, 0.1) is 6.54 Å². The normalized spacial score (nSPS) is 19.6. The van der Waals surface area contributed by atoms with E-state index < -0.39 is 0 Å². The van der Waals surface area contributed by atoms with Crippen LogP contribution < -0.4 is 11.1 Å². The summed E-state index contributed by atoms with van der Waals surface area (Å²) in [5.41, 5.74) is 5.28. The molecule has 0 aromatic carbocycles. The summed E-state index contributed by atoms with van der Waals surface area (Å²) in [6.45, 7) is 3.91. The molecule has 116 valence electrons. The number of carbonyl (C=O) groups is 1. The molecule has 1 aliphatic heterocycles. The predicted octanol–water partition coefficient (Wildman–Crippen LogP) is 0.0408. The Morgan fingerprint density at radius 2 is 2.43 bits per heavy atom. The number of primary amides is 1. The minimum absolute atomic E-state index is 0.244. The number of hydrogen-bond acceptors (Lipinski definition) is 5. The average molecular weight is 294 g/mol. The molecular formula is C13H22N6O2. The molecule has 0 saturated carbocycles. The van der Waals surface area contributed by atoms with Crippen LogP contribution in [0, 0.1) is 12.8 Å². The number of guanidine groups is 1. The molecular weight excluding hydrogens is 272 g/mol. The highest BCUT2D eigenvalue weighted by Gasteiger charge is 2.23. The third kappa shape index (κ3) is 4.44. The molecule has 1 fully saturated rings. The maximum absolute atomic E-state index is 11.1. The van der Waals surface area contributed by atoms with E-state index in [0.29, 0.717) is 30.6 Å². The lowest BCUT2D eigenvalue weighted by atomic mass is 9.95. The summed E-state index contributed by atoms with van der Waals surface area (Å²) in [5, 5.41) is 6.95. The van der Waals surface area contributed by atoms with Crippen LogP contribution in [0.4, 0.5) is 0 Å². The fraction of sp³-hybridized carbons (Fsp3) is 0.692. The molecule has 8 nitrogen and oxygen atoms in total. The third-order valence-electron chi connectivity index (χ3n) is 3.49. The van der Waals surface area contributed by atoms with E-state index in [9.17, 15) is 4.79 Å². The SMILES string of the molecule is CN=C(NCc1nc(C)no1)N1CCCC(CC(N)=O)C1. The molecule has 0 spiro atoms. The van der Waals surface area contributed by atoms with Crippen molar-refractivity contribution in [2.75, 3.05) is 20.1 Å². The van der Waals surface area contributed by atoms with Crippen LogP contribution in [0.3, 0.4) is 0 Å². The lowest BCUT2D eigenvalue weighted by Crippen LogP contribution is -2.46. The van der Waals surface area contributed by atoms with E-state index >= 15 is 0 Å². The summed E-state index contributed by atoms with van der Waals surface area (Å²) >= 11 is 0. The minimum Gasteiger partial charge on any atom is -0.370 e. The summed E-state index contributed by atoms with van der Waals surface area (Å²) < 4.78 is 5.06. The van der Waals surface area contributed by atoms with E-state index in [4.69, 9.17) is 10.3 Å². The number of hydrogen-bond donors (Lipinski definition) is 2. The van der Waals surface area contributed by atoms with Gasteiger partial charge >= 0.3 is 0 Å². The van der Waals surface area contributed by atoms with Gasteiger partial charge in [-0.15, -0.1) is 0 Å². The maximum atomic E-state index is 11.1. The first kappa shape index (κ1) is 15.3. The highest BCUT2D eigenvalue weighted by molar-refractivity contribution is 5.80. The molecule has 0 radical (unpaired) electrons. The summed E-state index contributed by atoms with van der Waals surface area (Å²) in [4.78, 5) is 21.6. The van der Waals surface area contributed by atoms with Crippen LogP contribution >= 0.6 is 0 Å². The van der Waals surface area contributed by atoms with Crippen LogP contribution in [-0.2, 0) is 11.3 Å². The summed E-state index contributed by atoms with van der Waals surface area (Å²) in [6, 6.07) is 0. The Balaban J connectivity index is 1.89. The molecule has 3 N–H and O–H groups in total. The van der Waals surface area contributed by atoms with E-state index in [1.54, 1.807) is 14.0 Å². The van der Waals surface area contributed by atoms with Crippen LogP contribution in [0.2, 0.25) is 0 Å². The largest absolute Gasteiger partial charge is 0.370 e. The molecule has 1 aliphatic rings. The highest BCUT2D eigenvalue weighted by Crippen LogP contribution is 2.19. The monoisotopic (exact) mass is 294 g/mol. The third-order valence-corrected chi connectivity index (χ3v) is 3.49. The fourth-order valence-corrected chi connectivity index (χ4v) is 2.61. The zero-order valence-electron chi connectivity index (χ0n) is 12.5. The standard InChI is InChI=1S/C13H22N6O2/c1-9-17-12(21-18-9)7-16-13(15-2)19-5-3-4-10(8-19)6-11(14)20/h10H,3-8H2,1-2H3,(H2,14,20)(H,15,16). The van der Waals surface area contributed by atoms with Crippen LogP contribution in [-0.4, -0.2) is 47.0 Å². The number of amides is 1. The van der Waals surface area contributed by atoms with Crippen LogP contribution in [0.15, 0.2) is 9.52 Å². The van der Waals surface area contributed by atoms with E-state index in [0.717, 1.165) is 31.9 Å². The first-order valence-electron chi connectivity index (χ1n) is 7.11. The number of rotatable bonds is 4. The minimum atomic E-state index is -0.244. The second-order valence-electron chi connectivity index (χ2n) is 5.26. The lowest BCUT2D eigenvalue weighted by molar-refractivity contribution is -0.119. The predicted molar refractivity (Wildman–Crippen MR) is 77.3 cm³/mol. The van der Waals surface area contributed by atoms with Crippen molar-refractivity contribution in [1.82, 2.24) is 20.4 Å². The van der Waals surface area contributed by atoms with Crippen molar-refractivity contribution < 1.29 is 9.32 Å². The number of nitrogens with one attached hydrogen (secondary N) is 1. The van der Waals surface area contributed by atoms with Gasteiger partial charge in [-0.05, 0) is 25.7 Å². The molecule has 2 heterocycles. The van der Waals surface area contributed by atoms with Crippen molar-refractivity contribution in [3.63, 3.8) is 0 Å². The molecule has 21 heavy (non-hydrogen) atoms. The second-order valence-corrected chi connectivity index (χ2v) is 5.26. The van der Waals surface area contributed by atoms with Crippen LogP contribution in [0.5, 0.6) is 0 Å². The van der Waals surface area contributed by atoms with Gasteiger partial charge in [0, 0.05) is 26.6 Å². The Morgan fingerprint density at radius 1 is 1.62 bits per heavy atom. The van der Waals surface area contributed by atoms with Gasteiger partial charge in [0.1, 0.15) is 0 Å². The highest BCUT2D eigenvalue weighted by atomic mass is 16.5. The van der Waals surface area contributed by atoms with Crippen molar-refractivity contribution >= 4 is 11.9 Å². The molecule has 0 bridgehead atoms. The molecule has 1 saturated heterocycles. The van der Waals surface area contributed by atoms with Crippen molar-refractivity contribution in [3.05, 3.63) is 11.7 Å². The van der Waals surface area contributed by atoms with Crippen molar-refractivity contribution in [2.24, 2.45) is 16.6 Å².